The molecule has 3 heteroatoms. The van der Waals surface area contributed by atoms with Crippen LogP contribution in [-0.2, 0) is 0 Å². The maximum absolute atomic E-state index is 12.2. The standard InChI is InChI=1S/C19H28N2O/c1-21(18-11-12-18)14-13-20-19(22)17-9-7-16(8-10-17)15-5-3-2-4-6-15/h7-10,15,18H,2-6,11-14H2,1H3,(H,20,22). The van der Waals surface area contributed by atoms with Crippen molar-refractivity contribution in [2.75, 3.05) is 20.1 Å². The minimum absolute atomic E-state index is 0.0550. The second kappa shape index (κ2) is 7.28. The van der Waals surface area contributed by atoms with Crippen LogP contribution in [0.1, 0.15) is 66.8 Å². The second-order valence-corrected chi connectivity index (χ2v) is 6.92. The Morgan fingerprint density at radius 3 is 2.41 bits per heavy atom. The fourth-order valence-electron chi connectivity index (χ4n) is 3.49. The Morgan fingerprint density at radius 1 is 1.09 bits per heavy atom. The largest absolute Gasteiger partial charge is 0.351 e. The highest BCUT2D eigenvalue weighted by atomic mass is 16.1. The van der Waals surface area contributed by atoms with Gasteiger partial charge in [-0.25, -0.2) is 0 Å². The molecule has 0 heterocycles. The summed E-state index contributed by atoms with van der Waals surface area (Å²) in [5.41, 5.74) is 2.19. The number of amides is 1. The van der Waals surface area contributed by atoms with E-state index < -0.39 is 0 Å². The number of rotatable bonds is 6. The average Bonchev–Trinajstić information content (AvgIpc) is 3.40. The average molecular weight is 300 g/mol. The Balaban J connectivity index is 1.47. The normalized spacial score (nSPS) is 19.4. The van der Waals surface area contributed by atoms with Crippen LogP contribution in [-0.4, -0.2) is 37.0 Å². The van der Waals surface area contributed by atoms with Gasteiger partial charge in [-0.1, -0.05) is 31.4 Å². The molecule has 0 saturated heterocycles. The minimum atomic E-state index is 0.0550. The highest BCUT2D eigenvalue weighted by Gasteiger charge is 2.25. The molecule has 2 aliphatic carbocycles. The van der Waals surface area contributed by atoms with Gasteiger partial charge in [0.05, 0.1) is 0 Å². The summed E-state index contributed by atoms with van der Waals surface area (Å²) in [5.74, 6) is 0.762. The van der Waals surface area contributed by atoms with Crippen LogP contribution in [0.5, 0.6) is 0 Å². The molecule has 0 aromatic heterocycles. The van der Waals surface area contributed by atoms with Crippen LogP contribution in [0.4, 0.5) is 0 Å². The number of carbonyl (C=O) groups is 1. The van der Waals surface area contributed by atoms with E-state index in [-0.39, 0.29) is 5.91 Å². The number of nitrogens with zero attached hydrogens (tertiary/aromatic N) is 1. The Kier molecular flexibility index (Phi) is 5.14. The zero-order valence-electron chi connectivity index (χ0n) is 13.7. The summed E-state index contributed by atoms with van der Waals surface area (Å²) in [6, 6.07) is 9.04. The van der Waals surface area contributed by atoms with Crippen molar-refractivity contribution in [3.63, 3.8) is 0 Å². The zero-order valence-corrected chi connectivity index (χ0v) is 13.7. The van der Waals surface area contributed by atoms with Crippen molar-refractivity contribution in [1.82, 2.24) is 10.2 Å². The van der Waals surface area contributed by atoms with E-state index in [1.807, 2.05) is 12.1 Å². The number of hydrogen-bond donors (Lipinski definition) is 1. The summed E-state index contributed by atoms with van der Waals surface area (Å²) >= 11 is 0. The molecular formula is C19H28N2O. The van der Waals surface area contributed by atoms with Gasteiger partial charge in [-0.15, -0.1) is 0 Å². The Bertz CT molecular complexity index is 487. The van der Waals surface area contributed by atoms with Gasteiger partial charge >= 0.3 is 0 Å². The number of carbonyl (C=O) groups excluding carboxylic acids is 1. The lowest BCUT2D eigenvalue weighted by Crippen LogP contribution is -2.33. The van der Waals surface area contributed by atoms with Crippen molar-refractivity contribution in [3.8, 4) is 0 Å². The quantitative estimate of drug-likeness (QED) is 0.871. The van der Waals surface area contributed by atoms with E-state index in [1.54, 1.807) is 0 Å². The number of hydrogen-bond acceptors (Lipinski definition) is 2. The molecule has 1 aromatic rings. The molecule has 3 nitrogen and oxygen atoms in total. The lowest BCUT2D eigenvalue weighted by molar-refractivity contribution is 0.0949. The van der Waals surface area contributed by atoms with Crippen molar-refractivity contribution in [2.24, 2.45) is 0 Å². The van der Waals surface area contributed by atoms with E-state index in [4.69, 9.17) is 0 Å². The third-order valence-electron chi connectivity index (χ3n) is 5.17. The van der Waals surface area contributed by atoms with E-state index in [0.717, 1.165) is 24.7 Å². The molecule has 1 N–H and O–H groups in total. The van der Waals surface area contributed by atoms with E-state index in [9.17, 15) is 4.79 Å². The van der Waals surface area contributed by atoms with Gasteiger partial charge in [0.25, 0.3) is 5.91 Å². The van der Waals surface area contributed by atoms with Crippen LogP contribution >= 0.6 is 0 Å². The van der Waals surface area contributed by atoms with Gasteiger partial charge in [0.15, 0.2) is 0 Å². The Morgan fingerprint density at radius 2 is 1.77 bits per heavy atom. The van der Waals surface area contributed by atoms with Crippen LogP contribution in [0, 0.1) is 0 Å². The molecule has 0 unspecified atom stereocenters. The van der Waals surface area contributed by atoms with Gasteiger partial charge in [0.2, 0.25) is 0 Å². The zero-order chi connectivity index (χ0) is 15.4. The van der Waals surface area contributed by atoms with Crippen molar-refractivity contribution in [3.05, 3.63) is 35.4 Å². The molecule has 0 aliphatic heterocycles. The second-order valence-electron chi connectivity index (χ2n) is 6.92. The molecule has 1 aromatic carbocycles. The van der Waals surface area contributed by atoms with E-state index in [1.165, 1.54) is 50.5 Å². The van der Waals surface area contributed by atoms with Crippen LogP contribution in [0.2, 0.25) is 0 Å². The van der Waals surface area contributed by atoms with Gasteiger partial charge in [-0.2, -0.15) is 0 Å². The highest BCUT2D eigenvalue weighted by molar-refractivity contribution is 5.94. The fraction of sp³-hybridized carbons (Fsp3) is 0.632. The van der Waals surface area contributed by atoms with Gasteiger partial charge in [-0.3, -0.25) is 4.79 Å². The van der Waals surface area contributed by atoms with Crippen molar-refractivity contribution in [2.45, 2.75) is 56.9 Å². The molecule has 2 fully saturated rings. The summed E-state index contributed by atoms with van der Waals surface area (Å²) < 4.78 is 0. The first-order valence-corrected chi connectivity index (χ1v) is 8.82. The van der Waals surface area contributed by atoms with E-state index in [0.29, 0.717) is 5.92 Å². The first-order chi connectivity index (χ1) is 10.7. The predicted octanol–water partition coefficient (Wildman–Crippen LogP) is 3.56. The number of nitrogens with one attached hydrogen (secondary N) is 1. The van der Waals surface area contributed by atoms with Crippen molar-refractivity contribution < 1.29 is 4.79 Å². The first-order valence-electron chi connectivity index (χ1n) is 8.82. The van der Waals surface area contributed by atoms with Crippen molar-refractivity contribution in [1.29, 1.82) is 0 Å². The third-order valence-corrected chi connectivity index (χ3v) is 5.17. The molecule has 3 rings (SSSR count). The lowest BCUT2D eigenvalue weighted by Gasteiger charge is -2.22. The van der Waals surface area contributed by atoms with E-state index in [2.05, 4.69) is 29.4 Å². The van der Waals surface area contributed by atoms with Crippen LogP contribution < -0.4 is 5.32 Å². The summed E-state index contributed by atoms with van der Waals surface area (Å²) in [4.78, 5) is 14.5. The summed E-state index contributed by atoms with van der Waals surface area (Å²) in [5, 5.41) is 3.03. The van der Waals surface area contributed by atoms with E-state index >= 15 is 0 Å². The van der Waals surface area contributed by atoms with Gasteiger partial charge < -0.3 is 10.2 Å². The van der Waals surface area contributed by atoms with Gasteiger partial charge in [0.1, 0.15) is 0 Å². The monoisotopic (exact) mass is 300 g/mol. The topological polar surface area (TPSA) is 32.3 Å². The fourth-order valence-corrected chi connectivity index (χ4v) is 3.49. The molecule has 0 bridgehead atoms. The molecule has 1 amide bonds. The maximum atomic E-state index is 12.2. The van der Waals surface area contributed by atoms with Crippen LogP contribution in [0.15, 0.2) is 24.3 Å². The summed E-state index contributed by atoms with van der Waals surface area (Å²) in [6.45, 7) is 1.67. The summed E-state index contributed by atoms with van der Waals surface area (Å²) in [7, 11) is 2.14. The van der Waals surface area contributed by atoms with Gasteiger partial charge in [-0.05, 0) is 56.3 Å². The van der Waals surface area contributed by atoms with Gasteiger partial charge in [0, 0.05) is 24.7 Å². The Labute approximate surface area is 134 Å². The molecule has 0 spiro atoms. The Hall–Kier alpha value is -1.35. The van der Waals surface area contributed by atoms with Crippen molar-refractivity contribution >= 4 is 5.91 Å². The summed E-state index contributed by atoms with van der Waals surface area (Å²) in [6.07, 6.45) is 9.31. The number of likely N-dealkylation sites (N-methyl/N-ethyl adjacent to an activating group) is 1. The molecule has 2 saturated carbocycles. The SMILES string of the molecule is CN(CCNC(=O)c1ccc(C2CCCCC2)cc1)C1CC1. The molecule has 22 heavy (non-hydrogen) atoms. The predicted molar refractivity (Wildman–Crippen MR) is 90.3 cm³/mol. The van der Waals surface area contributed by atoms with Crippen LogP contribution in [0.25, 0.3) is 0 Å². The number of benzene rings is 1. The highest BCUT2D eigenvalue weighted by Crippen LogP contribution is 2.32. The maximum Gasteiger partial charge on any atom is 0.251 e. The minimum Gasteiger partial charge on any atom is -0.351 e. The molecule has 120 valence electrons. The molecular weight excluding hydrogens is 272 g/mol. The molecule has 2 aliphatic rings. The molecule has 0 radical (unpaired) electrons. The first kappa shape index (κ1) is 15.5. The third kappa shape index (κ3) is 4.10. The lowest BCUT2D eigenvalue weighted by atomic mass is 9.84. The molecule has 0 atom stereocenters. The smallest absolute Gasteiger partial charge is 0.251 e. The van der Waals surface area contributed by atoms with Crippen LogP contribution in [0.3, 0.4) is 0 Å².